The molecule has 0 bridgehead atoms. The molecule has 0 unspecified atom stereocenters. The first-order valence-corrected chi connectivity index (χ1v) is 8.37. The average molecular weight is 359 g/mol. The lowest BCUT2D eigenvalue weighted by atomic mass is 10.2. The summed E-state index contributed by atoms with van der Waals surface area (Å²) in [5.41, 5.74) is 1.18. The Hall–Kier alpha value is -0.780. The van der Waals surface area contributed by atoms with Crippen molar-refractivity contribution in [1.82, 2.24) is 10.2 Å². The molecule has 1 N–H and O–H groups in total. The van der Waals surface area contributed by atoms with Gasteiger partial charge >= 0.3 is 0 Å². The molecule has 1 aromatic carbocycles. The quantitative estimate of drug-likeness (QED) is 0.650. The van der Waals surface area contributed by atoms with Gasteiger partial charge in [0.15, 0.2) is 11.5 Å². The SMILES string of the molecule is CCOc1cc(Br)c(CNCCN(CC)CC)cc1OC. The summed E-state index contributed by atoms with van der Waals surface area (Å²) in [6.45, 7) is 12.0. The zero-order chi connectivity index (χ0) is 15.7. The summed E-state index contributed by atoms with van der Waals surface area (Å²) in [7, 11) is 1.67. The van der Waals surface area contributed by atoms with Gasteiger partial charge in [-0.25, -0.2) is 0 Å². The highest BCUT2D eigenvalue weighted by atomic mass is 79.9. The van der Waals surface area contributed by atoms with Crippen LogP contribution < -0.4 is 14.8 Å². The highest BCUT2D eigenvalue weighted by Gasteiger charge is 2.10. The van der Waals surface area contributed by atoms with Gasteiger partial charge in [-0.15, -0.1) is 0 Å². The van der Waals surface area contributed by atoms with E-state index < -0.39 is 0 Å². The topological polar surface area (TPSA) is 33.7 Å². The molecule has 0 saturated heterocycles. The van der Waals surface area contributed by atoms with Crippen LogP contribution in [0.1, 0.15) is 26.3 Å². The van der Waals surface area contributed by atoms with Crippen LogP contribution in [0.5, 0.6) is 11.5 Å². The molecule has 0 aromatic heterocycles. The number of nitrogens with one attached hydrogen (secondary N) is 1. The van der Waals surface area contributed by atoms with Crippen LogP contribution >= 0.6 is 15.9 Å². The lowest BCUT2D eigenvalue weighted by Gasteiger charge is -2.18. The Labute approximate surface area is 136 Å². The van der Waals surface area contributed by atoms with Crippen molar-refractivity contribution in [2.45, 2.75) is 27.3 Å². The second kappa shape index (κ2) is 10.0. The smallest absolute Gasteiger partial charge is 0.162 e. The molecule has 0 aliphatic heterocycles. The number of ether oxygens (including phenoxy) is 2. The maximum absolute atomic E-state index is 5.57. The summed E-state index contributed by atoms with van der Waals surface area (Å²) < 4.78 is 12.0. The molecule has 21 heavy (non-hydrogen) atoms. The minimum Gasteiger partial charge on any atom is -0.493 e. The van der Waals surface area contributed by atoms with Crippen LogP contribution in [0.25, 0.3) is 0 Å². The Balaban J connectivity index is 2.58. The van der Waals surface area contributed by atoms with Crippen LogP contribution in [0.2, 0.25) is 0 Å². The molecule has 0 aliphatic rings. The number of hydrogen-bond donors (Lipinski definition) is 1. The van der Waals surface area contributed by atoms with Crippen molar-refractivity contribution < 1.29 is 9.47 Å². The van der Waals surface area contributed by atoms with E-state index in [1.165, 1.54) is 5.56 Å². The minimum atomic E-state index is 0.629. The molecule has 120 valence electrons. The van der Waals surface area contributed by atoms with Gasteiger partial charge in [-0.2, -0.15) is 0 Å². The summed E-state index contributed by atoms with van der Waals surface area (Å²) in [5.74, 6) is 1.55. The predicted molar refractivity (Wildman–Crippen MR) is 91.4 cm³/mol. The standard InChI is InChI=1S/C16H27BrN2O2/c1-5-19(6-2)9-8-18-12-13-10-15(20-4)16(21-7-3)11-14(13)17/h10-11,18H,5-9,12H2,1-4H3. The van der Waals surface area contributed by atoms with Crippen molar-refractivity contribution in [3.8, 4) is 11.5 Å². The zero-order valence-electron chi connectivity index (χ0n) is 13.5. The molecular formula is C16H27BrN2O2. The molecule has 5 heteroatoms. The van der Waals surface area contributed by atoms with Gasteiger partial charge in [0.05, 0.1) is 13.7 Å². The van der Waals surface area contributed by atoms with Crippen LogP contribution in [-0.2, 0) is 6.54 Å². The number of nitrogens with zero attached hydrogens (tertiary/aromatic N) is 1. The molecule has 0 radical (unpaired) electrons. The van der Waals surface area contributed by atoms with Gasteiger partial charge in [-0.1, -0.05) is 29.8 Å². The van der Waals surface area contributed by atoms with E-state index in [-0.39, 0.29) is 0 Å². The molecule has 1 aromatic rings. The van der Waals surface area contributed by atoms with E-state index in [9.17, 15) is 0 Å². The van der Waals surface area contributed by atoms with E-state index in [4.69, 9.17) is 9.47 Å². The number of hydrogen-bond acceptors (Lipinski definition) is 4. The highest BCUT2D eigenvalue weighted by Crippen LogP contribution is 2.33. The first-order chi connectivity index (χ1) is 10.2. The molecule has 0 aliphatic carbocycles. The van der Waals surface area contributed by atoms with Gasteiger partial charge in [0.1, 0.15) is 0 Å². The zero-order valence-corrected chi connectivity index (χ0v) is 15.1. The third-order valence-corrected chi connectivity index (χ3v) is 4.19. The van der Waals surface area contributed by atoms with Crippen LogP contribution in [0.4, 0.5) is 0 Å². The molecule has 0 heterocycles. The third kappa shape index (κ3) is 5.85. The Morgan fingerprint density at radius 1 is 1.14 bits per heavy atom. The fraction of sp³-hybridized carbons (Fsp3) is 0.625. The van der Waals surface area contributed by atoms with E-state index in [0.29, 0.717) is 6.61 Å². The largest absolute Gasteiger partial charge is 0.493 e. The van der Waals surface area contributed by atoms with Crippen molar-refractivity contribution in [3.05, 3.63) is 22.2 Å². The van der Waals surface area contributed by atoms with Gasteiger partial charge in [-0.05, 0) is 37.7 Å². The van der Waals surface area contributed by atoms with Gasteiger partial charge in [0.25, 0.3) is 0 Å². The van der Waals surface area contributed by atoms with Crippen molar-refractivity contribution >= 4 is 15.9 Å². The summed E-state index contributed by atoms with van der Waals surface area (Å²) in [6, 6.07) is 4.00. The number of rotatable bonds is 10. The summed E-state index contributed by atoms with van der Waals surface area (Å²) in [5, 5.41) is 3.48. The van der Waals surface area contributed by atoms with Crippen LogP contribution in [0, 0.1) is 0 Å². The minimum absolute atomic E-state index is 0.629. The first kappa shape index (κ1) is 18.3. The van der Waals surface area contributed by atoms with Crippen molar-refractivity contribution in [3.63, 3.8) is 0 Å². The van der Waals surface area contributed by atoms with Crippen LogP contribution in [0.15, 0.2) is 16.6 Å². The van der Waals surface area contributed by atoms with E-state index in [1.54, 1.807) is 7.11 Å². The van der Waals surface area contributed by atoms with E-state index in [0.717, 1.165) is 48.7 Å². The lowest BCUT2D eigenvalue weighted by Crippen LogP contribution is -2.31. The fourth-order valence-corrected chi connectivity index (χ4v) is 2.60. The molecule has 0 spiro atoms. The Morgan fingerprint density at radius 3 is 2.43 bits per heavy atom. The predicted octanol–water partition coefficient (Wildman–Crippen LogP) is 3.29. The summed E-state index contributed by atoms with van der Waals surface area (Å²) >= 11 is 3.60. The molecule has 0 amide bonds. The third-order valence-electron chi connectivity index (χ3n) is 3.45. The average Bonchev–Trinajstić information content (AvgIpc) is 2.49. The van der Waals surface area contributed by atoms with Crippen molar-refractivity contribution in [1.29, 1.82) is 0 Å². The second-order valence-corrected chi connectivity index (χ2v) is 5.59. The van der Waals surface area contributed by atoms with E-state index in [2.05, 4.69) is 40.0 Å². The normalized spacial score (nSPS) is 11.0. The van der Waals surface area contributed by atoms with Crippen LogP contribution in [-0.4, -0.2) is 44.8 Å². The molecule has 0 atom stereocenters. The Morgan fingerprint density at radius 2 is 1.86 bits per heavy atom. The maximum atomic E-state index is 5.57. The van der Waals surface area contributed by atoms with Crippen molar-refractivity contribution in [2.24, 2.45) is 0 Å². The van der Waals surface area contributed by atoms with Crippen molar-refractivity contribution in [2.75, 3.05) is 39.9 Å². The van der Waals surface area contributed by atoms with Gasteiger partial charge in [-0.3, -0.25) is 0 Å². The second-order valence-electron chi connectivity index (χ2n) is 4.73. The fourth-order valence-electron chi connectivity index (χ4n) is 2.14. The van der Waals surface area contributed by atoms with Gasteiger partial charge in [0.2, 0.25) is 0 Å². The number of benzene rings is 1. The first-order valence-electron chi connectivity index (χ1n) is 7.58. The highest BCUT2D eigenvalue weighted by molar-refractivity contribution is 9.10. The molecule has 0 saturated carbocycles. The lowest BCUT2D eigenvalue weighted by molar-refractivity contribution is 0.301. The maximum Gasteiger partial charge on any atom is 0.162 e. The molecular weight excluding hydrogens is 332 g/mol. The number of methoxy groups -OCH3 is 1. The Kier molecular flexibility index (Phi) is 8.73. The van der Waals surface area contributed by atoms with E-state index in [1.807, 2.05) is 19.1 Å². The monoisotopic (exact) mass is 358 g/mol. The number of halogens is 1. The number of likely N-dealkylation sites (N-methyl/N-ethyl adjacent to an activating group) is 1. The van der Waals surface area contributed by atoms with Gasteiger partial charge < -0.3 is 19.7 Å². The van der Waals surface area contributed by atoms with Crippen LogP contribution in [0.3, 0.4) is 0 Å². The molecule has 4 nitrogen and oxygen atoms in total. The Bertz CT molecular complexity index is 423. The summed E-state index contributed by atoms with van der Waals surface area (Å²) in [4.78, 5) is 2.40. The summed E-state index contributed by atoms with van der Waals surface area (Å²) in [6.07, 6.45) is 0. The molecule has 1 rings (SSSR count). The van der Waals surface area contributed by atoms with E-state index >= 15 is 0 Å². The molecule has 0 fully saturated rings. The van der Waals surface area contributed by atoms with Gasteiger partial charge in [0, 0.05) is 24.1 Å².